The number of ether oxygens (including phenoxy) is 1. The summed E-state index contributed by atoms with van der Waals surface area (Å²) in [6.45, 7) is 7.89. The lowest BCUT2D eigenvalue weighted by molar-refractivity contribution is -0.130. The summed E-state index contributed by atoms with van der Waals surface area (Å²) in [5, 5.41) is 17.8. The first kappa shape index (κ1) is 26.0. The molecule has 3 rings (SSSR count). The fourth-order valence-corrected chi connectivity index (χ4v) is 4.20. The van der Waals surface area contributed by atoms with Crippen LogP contribution in [0.25, 0.3) is 0 Å². The van der Waals surface area contributed by atoms with Crippen molar-refractivity contribution in [1.82, 2.24) is 20.9 Å². The average Bonchev–Trinajstić information content (AvgIpc) is 3.61. The van der Waals surface area contributed by atoms with E-state index in [9.17, 15) is 19.5 Å². The fourth-order valence-electron chi connectivity index (χ4n) is 4.20. The van der Waals surface area contributed by atoms with Gasteiger partial charge in [-0.15, -0.1) is 0 Å². The van der Waals surface area contributed by atoms with Crippen LogP contribution in [0.4, 0.5) is 0 Å². The van der Waals surface area contributed by atoms with Gasteiger partial charge < -0.3 is 30.7 Å². The van der Waals surface area contributed by atoms with Gasteiger partial charge in [0, 0.05) is 19.6 Å². The third-order valence-electron chi connectivity index (χ3n) is 6.17. The number of nitrogens with one attached hydrogen (secondary N) is 3. The lowest BCUT2D eigenvalue weighted by Gasteiger charge is -2.27. The normalized spacial score (nSPS) is 21.0. The van der Waals surface area contributed by atoms with Crippen molar-refractivity contribution in [3.05, 3.63) is 29.8 Å². The van der Waals surface area contributed by atoms with Crippen LogP contribution in [0.2, 0.25) is 0 Å². The van der Waals surface area contributed by atoms with Crippen LogP contribution in [-0.4, -0.2) is 78.7 Å². The molecule has 2 fully saturated rings. The molecule has 2 aliphatic rings. The van der Waals surface area contributed by atoms with E-state index in [0.717, 1.165) is 25.2 Å². The van der Waals surface area contributed by atoms with Crippen LogP contribution < -0.4 is 16.0 Å². The molecule has 0 saturated carbocycles. The fraction of sp³-hybridized carbons (Fsp3) is 0.640. The number of carbonyl (C=O) groups is 3. The summed E-state index contributed by atoms with van der Waals surface area (Å²) in [6.07, 6.45) is 3.08. The zero-order valence-corrected chi connectivity index (χ0v) is 20.2. The van der Waals surface area contributed by atoms with E-state index in [1.807, 2.05) is 13.8 Å². The minimum atomic E-state index is -0.871. The molecule has 0 radical (unpaired) electrons. The molecule has 0 spiro atoms. The first-order chi connectivity index (χ1) is 16.3. The number of amides is 3. The molecule has 1 unspecified atom stereocenters. The Morgan fingerprint density at radius 3 is 2.35 bits per heavy atom. The maximum absolute atomic E-state index is 12.7. The molecule has 188 valence electrons. The number of phenolic OH excluding ortho intramolecular Hbond substituents is 1. The first-order valence-corrected chi connectivity index (χ1v) is 12.3. The highest BCUT2D eigenvalue weighted by Gasteiger charge is 2.50. The van der Waals surface area contributed by atoms with Crippen molar-refractivity contribution in [3.63, 3.8) is 0 Å². The largest absolute Gasteiger partial charge is 0.508 e. The van der Waals surface area contributed by atoms with E-state index in [0.29, 0.717) is 25.9 Å². The number of nitrogens with zero attached hydrogens (tertiary/aromatic N) is 1. The van der Waals surface area contributed by atoms with Gasteiger partial charge in [0.1, 0.15) is 11.8 Å². The Morgan fingerprint density at radius 2 is 1.68 bits per heavy atom. The Balaban J connectivity index is 1.39. The number of phenols is 1. The number of rotatable bonds is 12. The molecule has 4 N–H and O–H groups in total. The molecule has 9 heteroatoms. The molecule has 3 atom stereocenters. The zero-order valence-electron chi connectivity index (χ0n) is 20.2. The van der Waals surface area contributed by atoms with Crippen LogP contribution in [0.5, 0.6) is 5.75 Å². The lowest BCUT2D eigenvalue weighted by Crippen LogP contribution is -2.50. The Kier molecular flexibility index (Phi) is 9.71. The smallest absolute Gasteiger partial charge is 0.253 e. The van der Waals surface area contributed by atoms with Gasteiger partial charge in [-0.3, -0.25) is 14.4 Å². The van der Waals surface area contributed by atoms with Crippen LogP contribution in [-0.2, 0) is 25.5 Å². The average molecular weight is 475 g/mol. The highest BCUT2D eigenvalue weighted by Crippen LogP contribution is 2.23. The third kappa shape index (κ3) is 8.29. The van der Waals surface area contributed by atoms with Crippen LogP contribution in [0.1, 0.15) is 45.1 Å². The summed E-state index contributed by atoms with van der Waals surface area (Å²) in [4.78, 5) is 40.0. The van der Waals surface area contributed by atoms with Crippen LogP contribution in [0.3, 0.4) is 0 Å². The Labute approximate surface area is 201 Å². The molecule has 2 heterocycles. The van der Waals surface area contributed by atoms with Crippen molar-refractivity contribution in [1.29, 1.82) is 0 Å². The molecular weight excluding hydrogens is 436 g/mol. The molecule has 0 bridgehead atoms. The molecule has 2 aliphatic heterocycles. The lowest BCUT2D eigenvalue weighted by atomic mass is 10.0. The first-order valence-electron chi connectivity index (χ1n) is 12.3. The predicted octanol–water partition coefficient (Wildman–Crippen LogP) is 0.951. The maximum atomic E-state index is 12.7. The van der Waals surface area contributed by atoms with Gasteiger partial charge in [0.05, 0.1) is 0 Å². The highest BCUT2D eigenvalue weighted by molar-refractivity contribution is 5.97. The molecule has 34 heavy (non-hydrogen) atoms. The van der Waals surface area contributed by atoms with Crippen molar-refractivity contribution >= 4 is 17.7 Å². The number of epoxide rings is 1. The molecule has 0 aromatic heterocycles. The summed E-state index contributed by atoms with van der Waals surface area (Å²) in [5.74, 6) is -0.563. The monoisotopic (exact) mass is 474 g/mol. The van der Waals surface area contributed by atoms with Gasteiger partial charge in [0.25, 0.3) is 11.8 Å². The van der Waals surface area contributed by atoms with Crippen molar-refractivity contribution < 1.29 is 24.2 Å². The molecule has 1 aromatic carbocycles. The summed E-state index contributed by atoms with van der Waals surface area (Å²) in [7, 11) is 0. The van der Waals surface area contributed by atoms with E-state index in [1.165, 1.54) is 19.3 Å². The number of aromatic hydroxyl groups is 1. The van der Waals surface area contributed by atoms with Crippen molar-refractivity contribution in [2.45, 2.75) is 64.2 Å². The van der Waals surface area contributed by atoms with E-state index in [4.69, 9.17) is 4.74 Å². The van der Waals surface area contributed by atoms with Gasteiger partial charge in [0.15, 0.2) is 12.2 Å². The van der Waals surface area contributed by atoms with Crippen molar-refractivity contribution in [3.8, 4) is 5.75 Å². The second kappa shape index (κ2) is 12.7. The number of benzene rings is 1. The number of hydrogen-bond acceptors (Lipinski definition) is 6. The number of piperidine rings is 1. The Bertz CT molecular complexity index is 823. The maximum Gasteiger partial charge on any atom is 0.253 e. The molecule has 2 saturated heterocycles. The molecular formula is C25H38N4O5. The minimum absolute atomic E-state index is 0.194. The standard InChI is InChI=1S/C25H38N4O5/c1-17(2)16-20(23(31)27-12-15-29-13-4-3-5-14-29)28-25(33)22-21(34-22)24(32)26-11-10-18-6-8-19(30)9-7-18/h6-9,17,20-22,30H,3-5,10-16H2,1-2H3,(H,26,32)(H,27,31)(H,28,33)/t20-,21?,22-/m0/s1. The highest BCUT2D eigenvalue weighted by atomic mass is 16.6. The van der Waals surface area contributed by atoms with Crippen molar-refractivity contribution in [2.24, 2.45) is 5.92 Å². The predicted molar refractivity (Wildman–Crippen MR) is 128 cm³/mol. The number of likely N-dealkylation sites (tertiary alicyclic amines) is 1. The summed E-state index contributed by atoms with van der Waals surface area (Å²) in [5.41, 5.74) is 0.979. The van der Waals surface area contributed by atoms with Gasteiger partial charge in [-0.05, 0) is 62.4 Å². The van der Waals surface area contributed by atoms with Crippen LogP contribution in [0.15, 0.2) is 24.3 Å². The van der Waals surface area contributed by atoms with E-state index >= 15 is 0 Å². The van der Waals surface area contributed by atoms with Crippen LogP contribution >= 0.6 is 0 Å². The number of carbonyl (C=O) groups excluding carboxylic acids is 3. The number of hydrogen-bond donors (Lipinski definition) is 4. The second-order valence-electron chi connectivity index (χ2n) is 9.57. The van der Waals surface area contributed by atoms with Gasteiger partial charge in [-0.2, -0.15) is 0 Å². The summed E-state index contributed by atoms with van der Waals surface area (Å²) in [6, 6.07) is 6.12. The van der Waals surface area contributed by atoms with Gasteiger partial charge >= 0.3 is 0 Å². The molecule has 3 amide bonds. The Morgan fingerprint density at radius 1 is 1.00 bits per heavy atom. The SMILES string of the molecule is CC(C)C[C@H](NC(=O)[C@H]1OC1C(=O)NCCc1ccc(O)cc1)C(=O)NCCN1CCCCC1. The van der Waals surface area contributed by atoms with Crippen LogP contribution in [0, 0.1) is 5.92 Å². The third-order valence-corrected chi connectivity index (χ3v) is 6.17. The molecule has 0 aliphatic carbocycles. The summed E-state index contributed by atoms with van der Waals surface area (Å²) >= 11 is 0. The minimum Gasteiger partial charge on any atom is -0.508 e. The topological polar surface area (TPSA) is 123 Å². The van der Waals surface area contributed by atoms with E-state index in [2.05, 4.69) is 20.9 Å². The quantitative estimate of drug-likeness (QED) is 0.335. The van der Waals surface area contributed by atoms with Crippen molar-refractivity contribution in [2.75, 3.05) is 32.7 Å². The zero-order chi connectivity index (χ0) is 24.5. The van der Waals surface area contributed by atoms with E-state index in [1.54, 1.807) is 24.3 Å². The Hall–Kier alpha value is -2.65. The van der Waals surface area contributed by atoms with E-state index < -0.39 is 24.2 Å². The van der Waals surface area contributed by atoms with Gasteiger partial charge in [-0.25, -0.2) is 0 Å². The second-order valence-corrected chi connectivity index (χ2v) is 9.57. The van der Waals surface area contributed by atoms with Gasteiger partial charge in [0.2, 0.25) is 5.91 Å². The molecule has 9 nitrogen and oxygen atoms in total. The van der Waals surface area contributed by atoms with E-state index in [-0.39, 0.29) is 23.5 Å². The summed E-state index contributed by atoms with van der Waals surface area (Å²) < 4.78 is 5.31. The molecule has 1 aromatic rings. The van der Waals surface area contributed by atoms with Gasteiger partial charge in [-0.1, -0.05) is 32.4 Å².